The minimum atomic E-state index is -2.43. The van der Waals surface area contributed by atoms with E-state index in [0.717, 1.165) is 15.8 Å². The van der Waals surface area contributed by atoms with E-state index in [-0.39, 0.29) is 0 Å². The Balaban J connectivity index is 1.40. The van der Waals surface area contributed by atoms with E-state index in [1.807, 2.05) is 22.7 Å². The average molecular weight is 909 g/mol. The summed E-state index contributed by atoms with van der Waals surface area (Å²) in [7, 11) is -2.43. The third-order valence-corrected chi connectivity index (χ3v) is 17.6. The van der Waals surface area contributed by atoms with E-state index in [0.29, 0.717) is 13.2 Å². The van der Waals surface area contributed by atoms with Gasteiger partial charge in [0.05, 0.1) is 0 Å². The third-order valence-electron chi connectivity index (χ3n) is 8.68. The number of benzene rings is 3. The molecule has 0 bridgehead atoms. The van der Waals surface area contributed by atoms with Crippen LogP contribution in [0.4, 0.5) is 0 Å². The van der Waals surface area contributed by atoms with Gasteiger partial charge in [0, 0.05) is 4.88 Å². The van der Waals surface area contributed by atoms with Crippen LogP contribution in [0.25, 0.3) is 25.6 Å². The Morgan fingerprint density at radius 1 is 0.647 bits per heavy atom. The van der Waals surface area contributed by atoms with Crippen molar-refractivity contribution < 1.29 is 22.7 Å². The Labute approximate surface area is 323 Å². The summed E-state index contributed by atoms with van der Waals surface area (Å²) in [6.45, 7) is 5.34. The molecule has 1 nitrogen and oxygen atoms in total. The van der Waals surface area contributed by atoms with Crippen molar-refractivity contribution >= 4 is 63.3 Å². The molecule has 0 atom stereocenters. The monoisotopic (exact) mass is 910 g/mol. The number of thiophene rings is 3. The van der Waals surface area contributed by atoms with E-state index in [1.165, 1.54) is 51.4 Å². The first kappa shape index (κ1) is 35.5. The van der Waals surface area contributed by atoms with Crippen molar-refractivity contribution in [1.82, 2.24) is 0 Å². The second-order valence-corrected chi connectivity index (χ2v) is 19.0. The van der Waals surface area contributed by atoms with Crippen LogP contribution in [0.1, 0.15) is 23.6 Å². The van der Waals surface area contributed by atoms with Crippen molar-refractivity contribution in [3.8, 4) is 35.7 Å². The van der Waals surface area contributed by atoms with E-state index >= 15 is 0 Å². The van der Waals surface area contributed by atoms with Gasteiger partial charge in [0.15, 0.2) is 0 Å². The van der Waals surface area contributed by atoms with Crippen LogP contribution < -0.4 is 15.9 Å². The summed E-state index contributed by atoms with van der Waals surface area (Å²) in [6.07, 6.45) is 8.69. The fourth-order valence-corrected chi connectivity index (χ4v) is 15.1. The summed E-state index contributed by atoms with van der Waals surface area (Å²) in [4.78, 5) is 7.42. The molecule has 3 aromatic carbocycles. The van der Waals surface area contributed by atoms with Gasteiger partial charge in [-0.3, -0.25) is 0 Å². The maximum atomic E-state index is 5.96. The van der Waals surface area contributed by atoms with E-state index in [1.54, 1.807) is 29.3 Å². The van der Waals surface area contributed by atoms with Gasteiger partial charge in [-0.2, -0.15) is 0 Å². The Bertz CT molecular complexity index is 2280. The molecule has 7 rings (SSSR count). The van der Waals surface area contributed by atoms with Crippen molar-refractivity contribution in [2.45, 2.75) is 13.8 Å². The van der Waals surface area contributed by atoms with Gasteiger partial charge in [-0.05, 0) is 25.1 Å². The van der Waals surface area contributed by atoms with Gasteiger partial charge in [-0.15, -0.1) is 11.3 Å². The zero-order valence-corrected chi connectivity index (χ0v) is 34.2. The zero-order valence-electron chi connectivity index (χ0n) is 28.3. The molecule has 251 valence electrons. The fraction of sp³-hybridized carbons (Fsp3) is 0.0889. The topological polar surface area (TPSA) is 9.23 Å². The standard InChI is InChI=1S/C45H35OPS3.Os/c1-4-15-40-24-26-42(48-40)44-28-29-45(50-44)43-27-25-41(49-43)23-22-35(30-36-32-46-31-34(36)5-2)33(3)47(37-16-9-6-10-17-37,38-18-11-7-12-19-38)39-20-13-8-14-21-39;/h4-21,24-30H,31-32H2,1-2H3;/q+1;/b15-4+,34-5?,35-33?,36-30?;. The molecule has 51 heavy (non-hydrogen) atoms. The van der Waals surface area contributed by atoms with E-state index < -0.39 is 7.26 Å². The molecule has 1 fully saturated rings. The van der Waals surface area contributed by atoms with Gasteiger partial charge in [0.2, 0.25) is 0 Å². The van der Waals surface area contributed by atoms with Crippen LogP contribution in [0.15, 0.2) is 168 Å². The molecule has 0 unspecified atom stereocenters. The summed E-state index contributed by atoms with van der Waals surface area (Å²) >= 11 is 7.22. The number of hydrogen-bond acceptors (Lipinski definition) is 4. The predicted molar refractivity (Wildman–Crippen MR) is 221 cm³/mol. The van der Waals surface area contributed by atoms with Crippen LogP contribution in [0.2, 0.25) is 0 Å². The van der Waals surface area contributed by atoms with E-state index in [9.17, 15) is 0 Å². The van der Waals surface area contributed by atoms with Gasteiger partial charge in [0.1, 0.15) is 0 Å². The summed E-state index contributed by atoms with van der Waals surface area (Å²) in [5.74, 6) is 7.36. The Kier molecular flexibility index (Phi) is 11.6. The SMILES string of the molecule is CC=C1COCC1=CC(C#Cc1ccc(-c2ccc(-c3ccc(/C=C/C)s3)s2)s1)=C([C]#[Os])[P+](c1ccccc1)(c1ccccc1)c1ccccc1. The molecule has 0 aliphatic carbocycles. The summed E-state index contributed by atoms with van der Waals surface area (Å²) in [5.41, 5.74) is 3.37. The van der Waals surface area contributed by atoms with Gasteiger partial charge in [0.25, 0.3) is 0 Å². The van der Waals surface area contributed by atoms with Crippen LogP contribution in [-0.2, 0) is 22.7 Å². The molecule has 1 saturated heterocycles. The van der Waals surface area contributed by atoms with Crippen LogP contribution in [-0.4, -0.2) is 13.2 Å². The van der Waals surface area contributed by atoms with Gasteiger partial charge in [-0.25, -0.2) is 0 Å². The molecule has 3 aromatic heterocycles. The Hall–Kier alpha value is -3.91. The number of allylic oxidation sites excluding steroid dienone is 5. The maximum absolute atomic E-state index is 5.96. The summed E-state index contributed by atoms with van der Waals surface area (Å²) < 4.78 is 9.75. The molecule has 0 radical (unpaired) electrons. The zero-order chi connectivity index (χ0) is 35.0. The first-order chi connectivity index (χ1) is 25.1. The van der Waals surface area contributed by atoms with Gasteiger partial charge < -0.3 is 0 Å². The first-order valence-electron chi connectivity index (χ1n) is 16.7. The van der Waals surface area contributed by atoms with Crippen LogP contribution in [0.3, 0.4) is 0 Å². The molecular weight excluding hydrogens is 874 g/mol. The predicted octanol–water partition coefficient (Wildman–Crippen LogP) is 11.2. The van der Waals surface area contributed by atoms with Gasteiger partial charge >= 0.3 is 279 Å². The third kappa shape index (κ3) is 7.53. The van der Waals surface area contributed by atoms with Gasteiger partial charge in [-0.1, -0.05) is 6.08 Å². The fourth-order valence-electron chi connectivity index (χ4n) is 6.28. The second-order valence-electron chi connectivity index (χ2n) is 11.8. The molecule has 4 heterocycles. The summed E-state index contributed by atoms with van der Waals surface area (Å²) in [6, 6.07) is 46.2. The molecular formula is C45H35OOsPS3+. The molecule has 1 aliphatic rings. The average Bonchev–Trinajstić information content (AvgIpc) is 4.02. The second kappa shape index (κ2) is 16.6. The minimum absolute atomic E-state index is 0.571. The van der Waals surface area contributed by atoms with Crippen molar-refractivity contribution in [3.05, 3.63) is 177 Å². The summed E-state index contributed by atoms with van der Waals surface area (Å²) in [5, 5.41) is 4.97. The van der Waals surface area contributed by atoms with Crippen molar-refractivity contribution in [3.63, 3.8) is 0 Å². The molecule has 0 saturated carbocycles. The number of hydrogen-bond donors (Lipinski definition) is 0. The van der Waals surface area contributed by atoms with Crippen LogP contribution in [0.5, 0.6) is 0 Å². The van der Waals surface area contributed by atoms with Crippen LogP contribution >= 0.6 is 41.3 Å². The van der Waals surface area contributed by atoms with Crippen molar-refractivity contribution in [2.75, 3.05) is 13.2 Å². The quantitative estimate of drug-likeness (QED) is 0.109. The van der Waals surface area contributed by atoms with E-state index in [2.05, 4.69) is 182 Å². The molecule has 6 heteroatoms. The van der Waals surface area contributed by atoms with Crippen molar-refractivity contribution in [1.29, 1.82) is 0 Å². The number of ether oxygens (including phenoxy) is 1. The molecule has 0 spiro atoms. The van der Waals surface area contributed by atoms with Crippen LogP contribution in [0, 0.1) is 16.2 Å². The van der Waals surface area contributed by atoms with Crippen molar-refractivity contribution in [2.24, 2.45) is 0 Å². The first-order valence-corrected chi connectivity index (χ1v) is 22.2. The van der Waals surface area contributed by atoms with E-state index in [4.69, 9.17) is 4.74 Å². The Morgan fingerprint density at radius 3 is 1.75 bits per heavy atom. The molecule has 6 aromatic rings. The normalized spacial score (nSPS) is 15.2. The molecule has 1 aliphatic heterocycles. The number of rotatable bonds is 8. The molecule has 0 amide bonds. The molecule has 0 N–H and O–H groups in total. The Morgan fingerprint density at radius 2 is 1.18 bits per heavy atom.